The van der Waals surface area contributed by atoms with E-state index in [2.05, 4.69) is 5.32 Å². The summed E-state index contributed by atoms with van der Waals surface area (Å²) in [5, 5.41) is 2.78. The SMILES string of the molecule is COc1ccc(F)cc1C(=O)NCc1ccc(-c2nc(C34CCC(CC3)CC4)n(N)c2C(N)=O)cc1. The molecule has 0 unspecified atom stereocenters. The first-order valence-corrected chi connectivity index (χ1v) is 12.2. The molecule has 0 radical (unpaired) electrons. The number of benzene rings is 2. The number of hydrogen-bond acceptors (Lipinski definition) is 5. The van der Waals surface area contributed by atoms with Gasteiger partial charge in [0.2, 0.25) is 0 Å². The predicted octanol–water partition coefficient (Wildman–Crippen LogP) is 3.66. The van der Waals surface area contributed by atoms with E-state index in [1.54, 1.807) is 0 Å². The van der Waals surface area contributed by atoms with Crippen molar-refractivity contribution in [1.29, 1.82) is 0 Å². The van der Waals surface area contributed by atoms with E-state index < -0.39 is 17.6 Å². The van der Waals surface area contributed by atoms with Gasteiger partial charge in [0.25, 0.3) is 11.8 Å². The van der Waals surface area contributed by atoms with Gasteiger partial charge in [0.15, 0.2) is 5.69 Å². The zero-order valence-electron chi connectivity index (χ0n) is 20.2. The van der Waals surface area contributed by atoms with Crippen LogP contribution in [0.3, 0.4) is 0 Å². The van der Waals surface area contributed by atoms with Crippen molar-refractivity contribution in [1.82, 2.24) is 15.0 Å². The molecular weight excluding hydrogens is 461 g/mol. The molecule has 5 N–H and O–H groups in total. The number of carbonyl (C=O) groups excluding carboxylic acids is 2. The lowest BCUT2D eigenvalue weighted by molar-refractivity contribution is 0.0945. The highest BCUT2D eigenvalue weighted by Crippen LogP contribution is 2.51. The van der Waals surface area contributed by atoms with E-state index in [1.165, 1.54) is 23.9 Å². The van der Waals surface area contributed by atoms with E-state index in [1.807, 2.05) is 24.3 Å². The van der Waals surface area contributed by atoms with Gasteiger partial charge in [0.1, 0.15) is 23.1 Å². The number of nitrogens with two attached hydrogens (primary N) is 2. The molecule has 3 aromatic rings. The zero-order chi connectivity index (χ0) is 25.4. The number of nitrogens with one attached hydrogen (secondary N) is 1. The molecule has 2 aromatic carbocycles. The van der Waals surface area contributed by atoms with E-state index >= 15 is 0 Å². The van der Waals surface area contributed by atoms with Crippen LogP contribution in [0.2, 0.25) is 0 Å². The maximum Gasteiger partial charge on any atom is 0.269 e. The Labute approximate surface area is 208 Å². The van der Waals surface area contributed by atoms with Crippen LogP contribution in [0.5, 0.6) is 5.75 Å². The van der Waals surface area contributed by atoms with Crippen molar-refractivity contribution in [3.05, 3.63) is 70.9 Å². The van der Waals surface area contributed by atoms with Crippen molar-refractivity contribution in [2.24, 2.45) is 11.7 Å². The van der Waals surface area contributed by atoms with Gasteiger partial charge in [-0.15, -0.1) is 0 Å². The molecule has 9 heteroatoms. The third-order valence-electron chi connectivity index (χ3n) is 7.80. The van der Waals surface area contributed by atoms with Gasteiger partial charge < -0.3 is 21.6 Å². The Morgan fingerprint density at radius 2 is 1.81 bits per heavy atom. The highest BCUT2D eigenvalue weighted by molar-refractivity contribution is 5.98. The number of carbonyl (C=O) groups is 2. The molecule has 1 heterocycles. The van der Waals surface area contributed by atoms with Crippen molar-refractivity contribution < 1.29 is 18.7 Å². The van der Waals surface area contributed by atoms with Crippen LogP contribution in [-0.4, -0.2) is 28.6 Å². The fourth-order valence-corrected chi connectivity index (χ4v) is 5.74. The van der Waals surface area contributed by atoms with Gasteiger partial charge in [-0.2, -0.15) is 0 Å². The topological polar surface area (TPSA) is 125 Å². The molecule has 0 spiro atoms. The summed E-state index contributed by atoms with van der Waals surface area (Å²) >= 11 is 0. The number of hydrogen-bond donors (Lipinski definition) is 3. The second kappa shape index (κ2) is 9.29. The lowest BCUT2D eigenvalue weighted by atomic mass is 9.60. The molecule has 2 amide bonds. The number of fused-ring (bicyclic) bond motifs is 3. The number of nitrogens with zero attached hydrogens (tertiary/aromatic N) is 2. The standard InChI is InChI=1S/C27H30FN5O3/c1-36-21-7-6-19(28)14-20(21)25(35)31-15-17-2-4-18(5-3-17)22-23(24(29)34)33(30)26(32-22)27-11-8-16(9-12-27)10-13-27/h2-7,14,16H,8-13,15,30H2,1H3,(H2,29,34)(H,31,35). The summed E-state index contributed by atoms with van der Waals surface area (Å²) < 4.78 is 20.2. The third kappa shape index (κ3) is 4.19. The Balaban J connectivity index is 1.37. The van der Waals surface area contributed by atoms with Crippen molar-refractivity contribution in [3.63, 3.8) is 0 Å². The second-order valence-electron chi connectivity index (χ2n) is 9.85. The predicted molar refractivity (Wildman–Crippen MR) is 133 cm³/mol. The summed E-state index contributed by atoms with van der Waals surface area (Å²) in [5.41, 5.74) is 7.96. The summed E-state index contributed by atoms with van der Waals surface area (Å²) in [5.74, 6) is 6.66. The maximum atomic E-state index is 13.6. The summed E-state index contributed by atoms with van der Waals surface area (Å²) in [7, 11) is 1.43. The number of halogens is 1. The van der Waals surface area contributed by atoms with Crippen LogP contribution in [0.1, 0.15) is 70.8 Å². The first-order valence-electron chi connectivity index (χ1n) is 12.2. The number of imidazole rings is 1. The summed E-state index contributed by atoms with van der Waals surface area (Å²) in [6.45, 7) is 0.225. The van der Waals surface area contributed by atoms with Gasteiger partial charge in [0.05, 0.1) is 12.7 Å². The van der Waals surface area contributed by atoms with E-state index in [-0.39, 0.29) is 23.2 Å². The maximum absolute atomic E-state index is 13.6. The fraction of sp³-hybridized carbons (Fsp3) is 0.370. The first-order chi connectivity index (χ1) is 17.3. The zero-order valence-corrected chi connectivity index (χ0v) is 20.2. The average Bonchev–Trinajstić information content (AvgIpc) is 3.26. The first kappa shape index (κ1) is 23.8. The molecule has 6 rings (SSSR count). The van der Waals surface area contributed by atoms with Gasteiger partial charge in [-0.1, -0.05) is 24.3 Å². The van der Waals surface area contributed by atoms with E-state index in [4.69, 9.17) is 21.3 Å². The van der Waals surface area contributed by atoms with Crippen LogP contribution in [0.25, 0.3) is 11.3 Å². The number of primary amides is 1. The Kier molecular flexibility index (Phi) is 6.15. The van der Waals surface area contributed by atoms with Gasteiger partial charge >= 0.3 is 0 Å². The second-order valence-corrected chi connectivity index (χ2v) is 9.85. The minimum absolute atomic E-state index is 0.103. The average molecular weight is 492 g/mol. The van der Waals surface area contributed by atoms with Crippen molar-refractivity contribution in [2.75, 3.05) is 13.0 Å². The van der Waals surface area contributed by atoms with Crippen LogP contribution in [0, 0.1) is 11.7 Å². The largest absolute Gasteiger partial charge is 0.496 e. The van der Waals surface area contributed by atoms with Crippen LogP contribution < -0.4 is 21.6 Å². The number of rotatable bonds is 7. The van der Waals surface area contributed by atoms with Gasteiger partial charge in [0, 0.05) is 17.5 Å². The summed E-state index contributed by atoms with van der Waals surface area (Å²) in [6, 6.07) is 11.1. The van der Waals surface area contributed by atoms with Crippen LogP contribution >= 0.6 is 0 Å². The van der Waals surface area contributed by atoms with Crippen LogP contribution in [-0.2, 0) is 12.0 Å². The number of nitrogen functional groups attached to an aromatic ring is 1. The summed E-state index contributed by atoms with van der Waals surface area (Å²) in [6.07, 6.45) is 6.57. The minimum atomic E-state index is -0.618. The fourth-order valence-electron chi connectivity index (χ4n) is 5.74. The minimum Gasteiger partial charge on any atom is -0.496 e. The van der Waals surface area contributed by atoms with Gasteiger partial charge in [-0.05, 0) is 68.2 Å². The highest BCUT2D eigenvalue weighted by Gasteiger charge is 2.45. The molecule has 3 aliphatic rings. The molecule has 0 saturated heterocycles. The van der Waals surface area contributed by atoms with Crippen molar-refractivity contribution in [3.8, 4) is 17.0 Å². The molecular formula is C27H30FN5O3. The lowest BCUT2D eigenvalue weighted by Crippen LogP contribution is -2.41. The van der Waals surface area contributed by atoms with E-state index in [0.29, 0.717) is 11.4 Å². The smallest absolute Gasteiger partial charge is 0.269 e. The van der Waals surface area contributed by atoms with Crippen molar-refractivity contribution in [2.45, 2.75) is 50.5 Å². The Morgan fingerprint density at radius 3 is 2.42 bits per heavy atom. The number of ether oxygens (including phenoxy) is 1. The molecule has 3 aliphatic carbocycles. The highest BCUT2D eigenvalue weighted by atomic mass is 19.1. The lowest BCUT2D eigenvalue weighted by Gasteiger charge is -2.45. The molecule has 1 aromatic heterocycles. The molecule has 2 bridgehead atoms. The Hall–Kier alpha value is -3.88. The van der Waals surface area contributed by atoms with E-state index in [0.717, 1.165) is 67.5 Å². The quantitative estimate of drug-likeness (QED) is 0.435. The normalized spacial score (nSPS) is 20.8. The molecule has 36 heavy (non-hydrogen) atoms. The molecule has 0 atom stereocenters. The van der Waals surface area contributed by atoms with Crippen molar-refractivity contribution >= 4 is 11.8 Å². The van der Waals surface area contributed by atoms with Crippen LogP contribution in [0.15, 0.2) is 42.5 Å². The Bertz CT molecular complexity index is 1300. The van der Waals surface area contributed by atoms with E-state index in [9.17, 15) is 14.0 Å². The van der Waals surface area contributed by atoms with Gasteiger partial charge in [-0.25, -0.2) is 14.1 Å². The third-order valence-corrected chi connectivity index (χ3v) is 7.80. The Morgan fingerprint density at radius 1 is 1.14 bits per heavy atom. The molecule has 188 valence electrons. The molecule has 3 saturated carbocycles. The van der Waals surface area contributed by atoms with Crippen LogP contribution in [0.4, 0.5) is 4.39 Å². The molecule has 3 fully saturated rings. The monoisotopic (exact) mass is 491 g/mol. The number of amides is 2. The molecule has 8 nitrogen and oxygen atoms in total. The number of aromatic nitrogens is 2. The summed E-state index contributed by atoms with van der Waals surface area (Å²) in [4.78, 5) is 29.8. The molecule has 0 aliphatic heterocycles. The number of methoxy groups -OCH3 is 1. The van der Waals surface area contributed by atoms with Gasteiger partial charge in [-0.3, -0.25) is 9.59 Å².